The van der Waals surface area contributed by atoms with Crippen LogP contribution >= 0.6 is 11.3 Å². The first kappa shape index (κ1) is 18.1. The number of anilines is 1. The molecule has 2 aromatic rings. The number of hydrogen-bond donors (Lipinski definition) is 2. The van der Waals surface area contributed by atoms with E-state index in [0.29, 0.717) is 24.6 Å². The molecule has 2 N–H and O–H groups in total. The molecule has 10 heteroatoms. The maximum atomic E-state index is 12.6. The van der Waals surface area contributed by atoms with Gasteiger partial charge in [0.1, 0.15) is 5.69 Å². The summed E-state index contributed by atoms with van der Waals surface area (Å²) in [6, 6.07) is 2.51. The fraction of sp³-hybridized carbons (Fsp3) is 0.438. The van der Waals surface area contributed by atoms with Crippen molar-refractivity contribution in [2.75, 3.05) is 11.9 Å². The molecule has 9 nitrogen and oxygen atoms in total. The van der Waals surface area contributed by atoms with Crippen molar-refractivity contribution in [2.24, 2.45) is 7.05 Å². The Balaban J connectivity index is 1.71. The standard InChI is InChI=1S/C16H20N6O3S/c1-9(2)17-15(25)19-16-18-10-6-7-22(8-12(10)26-16)14(24)11-4-5-13(23)21(3)20-11/h4-5,9H,6-8H2,1-3H3,(H2,17,18,19,25). The van der Waals surface area contributed by atoms with E-state index in [0.717, 1.165) is 15.3 Å². The van der Waals surface area contributed by atoms with E-state index in [1.807, 2.05) is 13.8 Å². The number of aromatic nitrogens is 3. The first-order chi connectivity index (χ1) is 12.3. The molecule has 0 aliphatic carbocycles. The Morgan fingerprint density at radius 2 is 2.08 bits per heavy atom. The molecule has 2 aromatic heterocycles. The van der Waals surface area contributed by atoms with E-state index >= 15 is 0 Å². The van der Waals surface area contributed by atoms with Crippen molar-refractivity contribution < 1.29 is 9.59 Å². The summed E-state index contributed by atoms with van der Waals surface area (Å²) in [5, 5.41) is 10.00. The van der Waals surface area contributed by atoms with Crippen LogP contribution in [-0.2, 0) is 20.0 Å². The van der Waals surface area contributed by atoms with E-state index in [-0.39, 0.29) is 29.2 Å². The van der Waals surface area contributed by atoms with Crippen LogP contribution in [0.2, 0.25) is 0 Å². The van der Waals surface area contributed by atoms with Crippen molar-refractivity contribution in [3.8, 4) is 0 Å². The number of hydrogen-bond acceptors (Lipinski definition) is 6. The number of nitrogens with one attached hydrogen (secondary N) is 2. The number of fused-ring (bicyclic) bond motifs is 1. The number of thiazole rings is 1. The lowest BCUT2D eigenvalue weighted by molar-refractivity contribution is 0.0727. The van der Waals surface area contributed by atoms with E-state index < -0.39 is 0 Å². The SMILES string of the molecule is CC(C)NC(=O)Nc1nc2c(s1)CN(C(=O)c1ccc(=O)n(C)n1)CC2. The van der Waals surface area contributed by atoms with Crippen LogP contribution in [0, 0.1) is 0 Å². The minimum atomic E-state index is -0.298. The molecule has 0 atom stereocenters. The summed E-state index contributed by atoms with van der Waals surface area (Å²) in [6.45, 7) is 4.67. The normalized spacial score (nSPS) is 13.5. The third kappa shape index (κ3) is 3.90. The van der Waals surface area contributed by atoms with Gasteiger partial charge in [-0.05, 0) is 19.9 Å². The Kier molecular flexibility index (Phi) is 5.03. The van der Waals surface area contributed by atoms with Gasteiger partial charge in [0.25, 0.3) is 11.5 Å². The highest BCUT2D eigenvalue weighted by atomic mass is 32.1. The van der Waals surface area contributed by atoms with Gasteiger partial charge < -0.3 is 10.2 Å². The van der Waals surface area contributed by atoms with Gasteiger partial charge in [0.2, 0.25) is 0 Å². The largest absolute Gasteiger partial charge is 0.336 e. The summed E-state index contributed by atoms with van der Waals surface area (Å²) in [7, 11) is 1.51. The van der Waals surface area contributed by atoms with Gasteiger partial charge >= 0.3 is 6.03 Å². The van der Waals surface area contributed by atoms with Crippen LogP contribution in [0.15, 0.2) is 16.9 Å². The summed E-state index contributed by atoms with van der Waals surface area (Å²) in [5.74, 6) is -0.230. The Hall–Kier alpha value is -2.75. The molecule has 0 saturated heterocycles. The van der Waals surface area contributed by atoms with Gasteiger partial charge in [-0.1, -0.05) is 11.3 Å². The number of amides is 3. The number of carbonyl (C=O) groups excluding carboxylic acids is 2. The Morgan fingerprint density at radius 1 is 1.31 bits per heavy atom. The lowest BCUT2D eigenvalue weighted by Gasteiger charge is -2.25. The Morgan fingerprint density at radius 3 is 2.77 bits per heavy atom. The van der Waals surface area contributed by atoms with Gasteiger partial charge in [-0.2, -0.15) is 5.10 Å². The van der Waals surface area contributed by atoms with Crippen molar-refractivity contribution in [3.63, 3.8) is 0 Å². The molecule has 0 bridgehead atoms. The summed E-state index contributed by atoms with van der Waals surface area (Å²) in [5.41, 5.74) is 0.863. The third-order valence-electron chi connectivity index (χ3n) is 3.84. The average Bonchev–Trinajstić information content (AvgIpc) is 2.96. The molecule has 0 radical (unpaired) electrons. The number of urea groups is 1. The van der Waals surface area contributed by atoms with Crippen molar-refractivity contribution in [1.29, 1.82) is 0 Å². The second-order valence-electron chi connectivity index (χ2n) is 6.30. The van der Waals surface area contributed by atoms with Gasteiger partial charge in [-0.3, -0.25) is 14.9 Å². The quantitative estimate of drug-likeness (QED) is 0.829. The fourth-order valence-corrected chi connectivity index (χ4v) is 3.61. The number of carbonyl (C=O) groups is 2. The molecule has 1 aliphatic rings. The molecule has 1 aliphatic heterocycles. The summed E-state index contributed by atoms with van der Waals surface area (Å²) >= 11 is 1.36. The minimum absolute atomic E-state index is 0.0343. The molecule has 0 saturated carbocycles. The highest BCUT2D eigenvalue weighted by molar-refractivity contribution is 7.15. The minimum Gasteiger partial charge on any atom is -0.336 e. The van der Waals surface area contributed by atoms with Crippen LogP contribution < -0.4 is 16.2 Å². The predicted molar refractivity (Wildman–Crippen MR) is 97.3 cm³/mol. The Labute approximate surface area is 154 Å². The second-order valence-corrected chi connectivity index (χ2v) is 7.38. The average molecular weight is 376 g/mol. The molecule has 0 aromatic carbocycles. The van der Waals surface area contributed by atoms with Gasteiger partial charge in [-0.15, -0.1) is 0 Å². The first-order valence-electron chi connectivity index (χ1n) is 8.23. The smallest absolute Gasteiger partial charge is 0.321 e. The maximum absolute atomic E-state index is 12.6. The number of aryl methyl sites for hydroxylation is 1. The van der Waals surface area contributed by atoms with E-state index in [9.17, 15) is 14.4 Å². The van der Waals surface area contributed by atoms with E-state index in [4.69, 9.17) is 0 Å². The van der Waals surface area contributed by atoms with Gasteiger partial charge in [0.05, 0.1) is 12.2 Å². The Bertz CT molecular complexity index is 904. The van der Waals surface area contributed by atoms with Gasteiger partial charge in [0.15, 0.2) is 5.13 Å². The molecule has 0 spiro atoms. The zero-order chi connectivity index (χ0) is 18.8. The lowest BCUT2D eigenvalue weighted by atomic mass is 10.1. The van der Waals surface area contributed by atoms with Gasteiger partial charge in [-0.25, -0.2) is 14.5 Å². The molecule has 0 fully saturated rings. The van der Waals surface area contributed by atoms with Crippen molar-refractivity contribution in [2.45, 2.75) is 32.9 Å². The van der Waals surface area contributed by atoms with Gasteiger partial charge in [0, 0.05) is 37.0 Å². The topological polar surface area (TPSA) is 109 Å². The second kappa shape index (κ2) is 7.24. The molecule has 138 valence electrons. The van der Waals surface area contributed by atoms with E-state index in [2.05, 4.69) is 20.7 Å². The summed E-state index contributed by atoms with van der Waals surface area (Å²) in [4.78, 5) is 42.9. The predicted octanol–water partition coefficient (Wildman–Crippen LogP) is 0.965. The summed E-state index contributed by atoms with van der Waals surface area (Å²) in [6.07, 6.45) is 0.608. The molecule has 3 amide bonds. The monoisotopic (exact) mass is 376 g/mol. The van der Waals surface area contributed by atoms with Crippen LogP contribution in [0.5, 0.6) is 0 Å². The number of rotatable bonds is 3. The highest BCUT2D eigenvalue weighted by Gasteiger charge is 2.26. The van der Waals surface area contributed by atoms with Crippen LogP contribution in [0.4, 0.5) is 9.93 Å². The summed E-state index contributed by atoms with van der Waals surface area (Å²) < 4.78 is 1.14. The highest BCUT2D eigenvalue weighted by Crippen LogP contribution is 2.28. The van der Waals surface area contributed by atoms with E-state index in [1.165, 1.54) is 30.5 Å². The van der Waals surface area contributed by atoms with Crippen LogP contribution in [0.1, 0.15) is 34.9 Å². The molecule has 3 heterocycles. The fourth-order valence-electron chi connectivity index (χ4n) is 2.60. The van der Waals surface area contributed by atoms with Crippen LogP contribution in [0.3, 0.4) is 0 Å². The molecule has 26 heavy (non-hydrogen) atoms. The van der Waals surface area contributed by atoms with E-state index in [1.54, 1.807) is 4.90 Å². The van der Waals surface area contributed by atoms with Crippen molar-refractivity contribution in [1.82, 2.24) is 25.0 Å². The number of nitrogens with zero attached hydrogens (tertiary/aromatic N) is 4. The van der Waals surface area contributed by atoms with Crippen molar-refractivity contribution >= 4 is 28.4 Å². The molecular formula is C16H20N6O3S. The maximum Gasteiger partial charge on any atom is 0.321 e. The molecular weight excluding hydrogens is 356 g/mol. The first-order valence-corrected chi connectivity index (χ1v) is 9.05. The van der Waals surface area contributed by atoms with Crippen LogP contribution in [-0.4, -0.2) is 44.2 Å². The third-order valence-corrected chi connectivity index (χ3v) is 4.84. The molecule has 0 unspecified atom stereocenters. The van der Waals surface area contributed by atoms with Crippen LogP contribution in [0.25, 0.3) is 0 Å². The zero-order valence-corrected chi connectivity index (χ0v) is 15.6. The lowest BCUT2D eigenvalue weighted by Crippen LogP contribution is -2.37. The van der Waals surface area contributed by atoms with Crippen molar-refractivity contribution in [3.05, 3.63) is 38.8 Å². The molecule has 3 rings (SSSR count). The zero-order valence-electron chi connectivity index (χ0n) is 14.8.